The van der Waals surface area contributed by atoms with E-state index in [2.05, 4.69) is 21.2 Å². The predicted molar refractivity (Wildman–Crippen MR) is 102 cm³/mol. The largest absolute Gasteiger partial charge is 0.466 e. The Bertz CT molecular complexity index is 492. The quantitative estimate of drug-likeness (QED) is 0.378. The molecule has 1 aliphatic rings. The minimum atomic E-state index is -0.594. The average Bonchev–Trinajstić information content (AvgIpc) is 2.53. The van der Waals surface area contributed by atoms with Crippen molar-refractivity contribution < 1.29 is 23.9 Å². The number of piperidine rings is 1. The number of nitrogens with one attached hydrogen (secondary N) is 1. The molecule has 150 valence electrons. The molecular formula is C18H31BrN2O5. The van der Waals surface area contributed by atoms with E-state index in [1.54, 1.807) is 32.6 Å². The van der Waals surface area contributed by atoms with Crippen LogP contribution in [0.3, 0.4) is 0 Å². The van der Waals surface area contributed by atoms with Crippen LogP contribution in [0.2, 0.25) is 0 Å². The third-order valence-corrected chi connectivity index (χ3v) is 4.55. The maximum absolute atomic E-state index is 12.3. The molecule has 2 atom stereocenters. The van der Waals surface area contributed by atoms with Gasteiger partial charge in [-0.25, -0.2) is 4.79 Å². The summed E-state index contributed by atoms with van der Waals surface area (Å²) < 4.78 is 10.5. The van der Waals surface area contributed by atoms with Crippen LogP contribution in [0.1, 0.15) is 53.4 Å². The number of carbonyl (C=O) groups excluding carboxylic acids is 3. The molecule has 1 aliphatic heterocycles. The van der Waals surface area contributed by atoms with E-state index in [-0.39, 0.29) is 25.0 Å². The molecule has 2 amide bonds. The van der Waals surface area contributed by atoms with Crippen LogP contribution < -0.4 is 5.32 Å². The highest BCUT2D eigenvalue weighted by Gasteiger charge is 2.38. The van der Waals surface area contributed by atoms with Crippen molar-refractivity contribution >= 4 is 33.9 Å². The number of carbonyl (C=O) groups is 3. The Hall–Kier alpha value is -1.31. The van der Waals surface area contributed by atoms with Gasteiger partial charge in [0.25, 0.3) is 0 Å². The molecule has 2 unspecified atom stereocenters. The van der Waals surface area contributed by atoms with Gasteiger partial charge in [-0.1, -0.05) is 15.9 Å². The highest BCUT2D eigenvalue weighted by molar-refractivity contribution is 9.09. The summed E-state index contributed by atoms with van der Waals surface area (Å²) in [5.41, 5.74) is -0.594. The third-order valence-electron chi connectivity index (χ3n) is 3.99. The van der Waals surface area contributed by atoms with Crippen molar-refractivity contribution in [3.05, 3.63) is 0 Å². The van der Waals surface area contributed by atoms with Crippen molar-refractivity contribution in [1.29, 1.82) is 0 Å². The molecular weight excluding hydrogens is 404 g/mol. The summed E-state index contributed by atoms with van der Waals surface area (Å²) in [6.45, 7) is 8.09. The van der Waals surface area contributed by atoms with Gasteiger partial charge in [-0.2, -0.15) is 0 Å². The number of esters is 1. The molecule has 1 N–H and O–H groups in total. The van der Waals surface area contributed by atoms with Crippen LogP contribution in [0.5, 0.6) is 0 Å². The summed E-state index contributed by atoms with van der Waals surface area (Å²) >= 11 is 3.34. The van der Waals surface area contributed by atoms with E-state index in [0.29, 0.717) is 19.4 Å². The summed E-state index contributed by atoms with van der Waals surface area (Å²) in [6, 6.07) is -0.466. The van der Waals surface area contributed by atoms with E-state index < -0.39 is 23.7 Å². The predicted octanol–water partition coefficient (Wildman–Crippen LogP) is 2.86. The zero-order chi connectivity index (χ0) is 19.7. The zero-order valence-corrected chi connectivity index (χ0v) is 17.8. The molecule has 0 aromatic heterocycles. The van der Waals surface area contributed by atoms with Gasteiger partial charge in [0.1, 0.15) is 5.60 Å². The van der Waals surface area contributed by atoms with E-state index in [9.17, 15) is 14.4 Å². The number of halogens is 1. The van der Waals surface area contributed by atoms with Crippen molar-refractivity contribution in [2.45, 2.75) is 65.0 Å². The zero-order valence-electron chi connectivity index (χ0n) is 16.2. The van der Waals surface area contributed by atoms with Crippen molar-refractivity contribution in [2.24, 2.45) is 5.92 Å². The van der Waals surface area contributed by atoms with Gasteiger partial charge < -0.3 is 19.7 Å². The molecule has 1 heterocycles. The minimum absolute atomic E-state index is 0.115. The van der Waals surface area contributed by atoms with E-state index in [1.807, 2.05) is 0 Å². The summed E-state index contributed by atoms with van der Waals surface area (Å²) in [7, 11) is 0. The molecule has 8 heteroatoms. The fourth-order valence-corrected chi connectivity index (χ4v) is 3.18. The van der Waals surface area contributed by atoms with Gasteiger partial charge in [-0.3, -0.25) is 9.59 Å². The highest BCUT2D eigenvalue weighted by Crippen LogP contribution is 2.22. The molecule has 0 radical (unpaired) electrons. The van der Waals surface area contributed by atoms with Gasteiger partial charge in [0.2, 0.25) is 5.91 Å². The van der Waals surface area contributed by atoms with Crippen molar-refractivity contribution in [3.63, 3.8) is 0 Å². The van der Waals surface area contributed by atoms with Gasteiger partial charge in [0, 0.05) is 24.8 Å². The van der Waals surface area contributed by atoms with E-state index in [4.69, 9.17) is 9.47 Å². The molecule has 26 heavy (non-hydrogen) atoms. The lowest BCUT2D eigenvalue weighted by Crippen LogP contribution is -2.56. The minimum Gasteiger partial charge on any atom is -0.466 e. The molecule has 1 fully saturated rings. The summed E-state index contributed by atoms with van der Waals surface area (Å²) in [5.74, 6) is -0.896. The number of hydrogen-bond acceptors (Lipinski definition) is 5. The highest BCUT2D eigenvalue weighted by atomic mass is 79.9. The van der Waals surface area contributed by atoms with Gasteiger partial charge >= 0.3 is 12.1 Å². The fourth-order valence-electron chi connectivity index (χ4n) is 2.78. The van der Waals surface area contributed by atoms with E-state index >= 15 is 0 Å². The molecule has 1 saturated heterocycles. The van der Waals surface area contributed by atoms with Crippen molar-refractivity contribution in [3.8, 4) is 0 Å². The number of alkyl halides is 1. The van der Waals surface area contributed by atoms with Crippen LogP contribution in [-0.4, -0.2) is 59.5 Å². The molecule has 0 aromatic rings. The van der Waals surface area contributed by atoms with Crippen LogP contribution in [0.25, 0.3) is 0 Å². The second-order valence-corrected chi connectivity index (χ2v) is 8.19. The molecule has 0 saturated carbocycles. The maximum atomic E-state index is 12.3. The first-order valence-corrected chi connectivity index (χ1v) is 10.3. The number of hydrogen-bond donors (Lipinski definition) is 1. The number of unbranched alkanes of at least 4 members (excludes halogenated alkanes) is 1. The fraction of sp³-hybridized carbons (Fsp3) is 0.833. The normalized spacial score (nSPS) is 20.4. The summed E-state index contributed by atoms with van der Waals surface area (Å²) in [4.78, 5) is 38.3. The van der Waals surface area contributed by atoms with Crippen LogP contribution in [0.4, 0.5) is 4.79 Å². The van der Waals surface area contributed by atoms with Crippen LogP contribution >= 0.6 is 15.9 Å². The molecule has 0 spiro atoms. The van der Waals surface area contributed by atoms with Gasteiger partial charge in [0.15, 0.2) is 0 Å². The number of likely N-dealkylation sites (tertiary alicyclic amines) is 1. The number of nitrogens with zero attached hydrogens (tertiary/aromatic N) is 1. The first-order valence-electron chi connectivity index (χ1n) is 9.17. The number of ether oxygens (including phenoxy) is 2. The lowest BCUT2D eigenvalue weighted by Gasteiger charge is -2.38. The standard InChI is InChI=1S/C18H31BrN2O5/c1-5-25-16(23)13-9-11-21(17(24)26-18(2,3)4)12-14(13)20-15(22)8-6-7-10-19/h13-14H,5-12H2,1-4H3,(H,20,22). The van der Waals surface area contributed by atoms with E-state index in [1.165, 1.54) is 0 Å². The van der Waals surface area contributed by atoms with Crippen molar-refractivity contribution in [2.75, 3.05) is 25.0 Å². The molecule has 0 bridgehead atoms. The lowest BCUT2D eigenvalue weighted by molar-refractivity contribution is -0.151. The number of rotatable bonds is 7. The molecule has 0 aromatic carbocycles. The lowest BCUT2D eigenvalue weighted by atomic mass is 9.91. The Kier molecular flexibility index (Phi) is 9.39. The van der Waals surface area contributed by atoms with Gasteiger partial charge in [-0.15, -0.1) is 0 Å². The molecule has 0 aliphatic carbocycles. The Morgan fingerprint density at radius 2 is 1.92 bits per heavy atom. The van der Waals surface area contributed by atoms with Gasteiger partial charge in [-0.05, 0) is 47.0 Å². The molecule has 1 rings (SSSR count). The first kappa shape index (κ1) is 22.7. The Balaban J connectivity index is 2.75. The van der Waals surface area contributed by atoms with Gasteiger partial charge in [0.05, 0.1) is 18.6 Å². The average molecular weight is 435 g/mol. The topological polar surface area (TPSA) is 84.9 Å². The van der Waals surface area contributed by atoms with Crippen molar-refractivity contribution in [1.82, 2.24) is 10.2 Å². The number of amides is 2. The van der Waals surface area contributed by atoms with Crippen LogP contribution in [-0.2, 0) is 19.1 Å². The smallest absolute Gasteiger partial charge is 0.410 e. The summed E-state index contributed by atoms with van der Waals surface area (Å²) in [5, 5.41) is 3.76. The van der Waals surface area contributed by atoms with Crippen LogP contribution in [0.15, 0.2) is 0 Å². The Morgan fingerprint density at radius 3 is 2.50 bits per heavy atom. The summed E-state index contributed by atoms with van der Waals surface area (Å²) in [6.07, 6.45) is 2.07. The Morgan fingerprint density at radius 1 is 1.23 bits per heavy atom. The second-order valence-electron chi connectivity index (χ2n) is 7.39. The van der Waals surface area contributed by atoms with E-state index in [0.717, 1.165) is 18.2 Å². The van der Waals surface area contributed by atoms with Crippen LogP contribution in [0, 0.1) is 5.92 Å². The first-order chi connectivity index (χ1) is 12.2. The molecule has 7 nitrogen and oxygen atoms in total. The maximum Gasteiger partial charge on any atom is 0.410 e. The monoisotopic (exact) mass is 434 g/mol. The SMILES string of the molecule is CCOC(=O)C1CCN(C(=O)OC(C)(C)C)CC1NC(=O)CCCCBr. The Labute approximate surface area is 164 Å². The second kappa shape index (κ2) is 10.7. The third kappa shape index (κ3) is 7.93.